The van der Waals surface area contributed by atoms with E-state index in [-0.39, 0.29) is 30.2 Å². The van der Waals surface area contributed by atoms with Gasteiger partial charge in [-0.3, -0.25) is 0 Å². The van der Waals surface area contributed by atoms with E-state index < -0.39 is 6.36 Å². The molecule has 1 saturated heterocycles. The Hall–Kier alpha value is -1.34. The van der Waals surface area contributed by atoms with Crippen molar-refractivity contribution in [1.82, 2.24) is 5.32 Å². The maximum absolute atomic E-state index is 12.2. The number of ether oxygens (including phenoxy) is 2. The molecule has 0 amide bonds. The molecule has 9 heteroatoms. The van der Waals surface area contributed by atoms with Crippen LogP contribution in [0.4, 0.5) is 13.2 Å². The van der Waals surface area contributed by atoms with Crippen LogP contribution in [0.15, 0.2) is 42.5 Å². The molecule has 142 valence electrons. The molecule has 0 radical (unpaired) electrons. The molecule has 1 atom stereocenters. The fourth-order valence-corrected chi connectivity index (χ4v) is 2.82. The molecule has 1 aliphatic heterocycles. The van der Waals surface area contributed by atoms with Crippen LogP contribution in [0.25, 0.3) is 0 Å². The lowest BCUT2D eigenvalue weighted by molar-refractivity contribution is -0.274. The number of alkyl halides is 3. The summed E-state index contributed by atoms with van der Waals surface area (Å²) in [5.41, 5.74) is 0.858. The second-order valence-electron chi connectivity index (χ2n) is 5.65. The third kappa shape index (κ3) is 5.33. The smallest absolute Gasteiger partial charge is 0.485 e. The van der Waals surface area contributed by atoms with Gasteiger partial charge in [0.15, 0.2) is 0 Å². The van der Waals surface area contributed by atoms with Crippen molar-refractivity contribution in [3.63, 3.8) is 0 Å². The zero-order valence-electron chi connectivity index (χ0n) is 13.2. The number of rotatable bonds is 5. The minimum atomic E-state index is -4.72. The highest BCUT2D eigenvalue weighted by Gasteiger charge is 2.32. The lowest BCUT2D eigenvalue weighted by Crippen LogP contribution is -2.46. The van der Waals surface area contributed by atoms with Gasteiger partial charge >= 0.3 is 6.36 Å². The topological polar surface area (TPSA) is 30.5 Å². The van der Waals surface area contributed by atoms with E-state index in [4.69, 9.17) is 27.9 Å². The summed E-state index contributed by atoms with van der Waals surface area (Å²) in [5.74, 6) is 0.372. The largest absolute Gasteiger partial charge is 0.573 e. The molecule has 3 rings (SSSR count). The fraction of sp³-hybridized carbons (Fsp3) is 0.294. The van der Waals surface area contributed by atoms with Gasteiger partial charge in [0.05, 0.1) is 10.0 Å². The Morgan fingerprint density at radius 2 is 1.58 bits per heavy atom. The van der Waals surface area contributed by atoms with Crippen molar-refractivity contribution in [3.8, 4) is 11.5 Å². The normalized spacial score (nSPS) is 15.6. The SMILES string of the molecule is Cl.FC(F)(F)Oc1ccc(O[C@@H](c2ccc(Cl)c(Cl)c2)C2CNC2)cc1. The minimum absolute atomic E-state index is 0. The van der Waals surface area contributed by atoms with Gasteiger partial charge in [0.2, 0.25) is 0 Å². The summed E-state index contributed by atoms with van der Waals surface area (Å²) in [7, 11) is 0. The predicted molar refractivity (Wildman–Crippen MR) is 96.6 cm³/mol. The van der Waals surface area contributed by atoms with E-state index in [1.807, 2.05) is 6.07 Å². The molecule has 2 aromatic rings. The first-order valence-corrected chi connectivity index (χ1v) is 8.25. The van der Waals surface area contributed by atoms with Crippen molar-refractivity contribution in [1.29, 1.82) is 0 Å². The zero-order valence-corrected chi connectivity index (χ0v) is 15.6. The molecular formula is C17H15Cl3F3NO2. The first kappa shape index (κ1) is 21.0. The minimum Gasteiger partial charge on any atom is -0.485 e. The van der Waals surface area contributed by atoms with Gasteiger partial charge in [-0.15, -0.1) is 25.6 Å². The monoisotopic (exact) mass is 427 g/mol. The van der Waals surface area contributed by atoms with Crippen molar-refractivity contribution in [2.24, 2.45) is 5.92 Å². The third-order valence-electron chi connectivity index (χ3n) is 3.83. The van der Waals surface area contributed by atoms with Crippen molar-refractivity contribution in [2.75, 3.05) is 13.1 Å². The molecule has 1 N–H and O–H groups in total. The third-order valence-corrected chi connectivity index (χ3v) is 4.57. The van der Waals surface area contributed by atoms with Crippen molar-refractivity contribution in [3.05, 3.63) is 58.1 Å². The maximum Gasteiger partial charge on any atom is 0.573 e. The van der Waals surface area contributed by atoms with E-state index in [2.05, 4.69) is 10.1 Å². The fourth-order valence-electron chi connectivity index (χ4n) is 2.52. The lowest BCUT2D eigenvalue weighted by atomic mass is 9.91. The second-order valence-corrected chi connectivity index (χ2v) is 6.46. The number of halogens is 6. The molecule has 0 aliphatic carbocycles. The zero-order chi connectivity index (χ0) is 18.0. The van der Waals surface area contributed by atoms with Crippen LogP contribution < -0.4 is 14.8 Å². The van der Waals surface area contributed by atoms with E-state index in [1.165, 1.54) is 24.3 Å². The van der Waals surface area contributed by atoms with Gasteiger partial charge in [-0.25, -0.2) is 0 Å². The molecule has 26 heavy (non-hydrogen) atoms. The molecule has 3 nitrogen and oxygen atoms in total. The van der Waals surface area contributed by atoms with E-state index in [1.54, 1.807) is 12.1 Å². The van der Waals surface area contributed by atoms with E-state index in [0.29, 0.717) is 15.8 Å². The van der Waals surface area contributed by atoms with Gasteiger partial charge in [-0.1, -0.05) is 29.3 Å². The highest BCUT2D eigenvalue weighted by Crippen LogP contribution is 2.35. The molecule has 0 aromatic heterocycles. The summed E-state index contributed by atoms with van der Waals surface area (Å²) in [5, 5.41) is 4.05. The van der Waals surface area contributed by atoms with E-state index >= 15 is 0 Å². The van der Waals surface area contributed by atoms with Crippen LogP contribution in [0.5, 0.6) is 11.5 Å². The van der Waals surface area contributed by atoms with Crippen LogP contribution in [0.1, 0.15) is 11.7 Å². The average molecular weight is 429 g/mol. The molecular weight excluding hydrogens is 414 g/mol. The summed E-state index contributed by atoms with van der Waals surface area (Å²) in [6.45, 7) is 1.56. The first-order valence-electron chi connectivity index (χ1n) is 7.50. The average Bonchev–Trinajstić information content (AvgIpc) is 2.48. The first-order chi connectivity index (χ1) is 11.8. The number of hydrogen-bond donors (Lipinski definition) is 1. The summed E-state index contributed by atoms with van der Waals surface area (Å²) in [6.07, 6.45) is -5.01. The summed E-state index contributed by atoms with van der Waals surface area (Å²) in [4.78, 5) is 0. The van der Waals surface area contributed by atoms with Gasteiger partial charge in [0.25, 0.3) is 0 Å². The Labute approximate surface area is 164 Å². The van der Waals surface area contributed by atoms with Gasteiger partial charge in [0.1, 0.15) is 17.6 Å². The van der Waals surface area contributed by atoms with E-state index in [0.717, 1.165) is 18.7 Å². The maximum atomic E-state index is 12.2. The number of hydrogen-bond acceptors (Lipinski definition) is 3. The van der Waals surface area contributed by atoms with Crippen molar-refractivity contribution < 1.29 is 22.6 Å². The lowest BCUT2D eigenvalue weighted by Gasteiger charge is -2.35. The molecule has 2 aromatic carbocycles. The number of nitrogens with one attached hydrogen (secondary N) is 1. The summed E-state index contributed by atoms with van der Waals surface area (Å²) < 4.78 is 46.5. The molecule has 0 spiro atoms. The summed E-state index contributed by atoms with van der Waals surface area (Å²) in [6, 6.07) is 10.6. The standard InChI is InChI=1S/C17H14Cl2F3NO2.ClH/c18-14-6-1-10(7-15(14)19)16(11-8-23-9-11)24-12-2-4-13(5-3-12)25-17(20,21)22;/h1-7,11,16,23H,8-9H2;1H/t16-;/m0./s1. The quantitative estimate of drug-likeness (QED) is 0.667. The Kier molecular flexibility index (Phi) is 6.91. The molecule has 0 unspecified atom stereocenters. The van der Waals surface area contributed by atoms with Gasteiger partial charge < -0.3 is 14.8 Å². The molecule has 1 fully saturated rings. The van der Waals surface area contributed by atoms with Gasteiger partial charge in [-0.2, -0.15) is 0 Å². The van der Waals surface area contributed by atoms with Crippen LogP contribution >= 0.6 is 35.6 Å². The van der Waals surface area contributed by atoms with Crippen molar-refractivity contribution >= 4 is 35.6 Å². The Bertz CT molecular complexity index is 737. The Morgan fingerprint density at radius 3 is 2.08 bits per heavy atom. The van der Waals surface area contributed by atoms with E-state index in [9.17, 15) is 13.2 Å². The Morgan fingerprint density at radius 1 is 0.962 bits per heavy atom. The molecule has 0 bridgehead atoms. The van der Waals surface area contributed by atoms with Crippen LogP contribution in [0.2, 0.25) is 10.0 Å². The molecule has 0 saturated carbocycles. The molecule has 1 aliphatic rings. The molecule has 1 heterocycles. The van der Waals surface area contributed by atoms with Gasteiger partial charge in [0, 0.05) is 19.0 Å². The Balaban J connectivity index is 0.00000243. The van der Waals surface area contributed by atoms with Gasteiger partial charge in [-0.05, 0) is 42.0 Å². The van der Waals surface area contributed by atoms with Crippen LogP contribution in [0.3, 0.4) is 0 Å². The van der Waals surface area contributed by atoms with Crippen LogP contribution in [-0.4, -0.2) is 19.5 Å². The van der Waals surface area contributed by atoms with Crippen molar-refractivity contribution in [2.45, 2.75) is 12.5 Å². The van der Waals surface area contributed by atoms with Crippen LogP contribution in [-0.2, 0) is 0 Å². The second kappa shape index (κ2) is 8.57. The number of benzene rings is 2. The highest BCUT2D eigenvalue weighted by atomic mass is 35.5. The summed E-state index contributed by atoms with van der Waals surface area (Å²) >= 11 is 12.0. The highest BCUT2D eigenvalue weighted by molar-refractivity contribution is 6.42. The predicted octanol–water partition coefficient (Wildman–Crippen LogP) is 5.65. The van der Waals surface area contributed by atoms with Crippen LogP contribution in [0, 0.1) is 5.92 Å².